The molecule has 0 aromatic carbocycles. The van der Waals surface area contributed by atoms with Gasteiger partial charge in [-0.05, 0) is 51.7 Å². The van der Waals surface area contributed by atoms with Crippen molar-refractivity contribution >= 4 is 11.3 Å². The lowest BCUT2D eigenvalue weighted by atomic mass is 10.1. The second-order valence-corrected chi connectivity index (χ2v) is 6.23. The minimum atomic E-state index is 0.553. The van der Waals surface area contributed by atoms with Crippen LogP contribution < -0.4 is 5.32 Å². The lowest BCUT2D eigenvalue weighted by Crippen LogP contribution is -2.43. The molecule has 1 aromatic rings. The van der Waals surface area contributed by atoms with Crippen molar-refractivity contribution in [3.8, 4) is 0 Å². The number of likely N-dealkylation sites (N-methyl/N-ethyl adjacent to an activating group) is 1. The SMILES string of the molecule is COCCCNCC(C)N(C)C(C)Cc1cccs1. The van der Waals surface area contributed by atoms with Crippen LogP contribution in [0.4, 0.5) is 0 Å². The van der Waals surface area contributed by atoms with Crippen LogP contribution >= 0.6 is 11.3 Å². The molecule has 0 bridgehead atoms. The molecule has 0 saturated heterocycles. The van der Waals surface area contributed by atoms with Crippen LogP contribution in [0.5, 0.6) is 0 Å². The van der Waals surface area contributed by atoms with Crippen molar-refractivity contribution in [1.29, 1.82) is 0 Å². The van der Waals surface area contributed by atoms with Crippen LogP contribution in [0.15, 0.2) is 17.5 Å². The van der Waals surface area contributed by atoms with Gasteiger partial charge in [-0.1, -0.05) is 6.07 Å². The highest BCUT2D eigenvalue weighted by molar-refractivity contribution is 7.09. The Kier molecular flexibility index (Phi) is 8.30. The third-order valence-corrected chi connectivity index (χ3v) is 4.51. The van der Waals surface area contributed by atoms with E-state index < -0.39 is 0 Å². The van der Waals surface area contributed by atoms with Gasteiger partial charge in [0.15, 0.2) is 0 Å². The van der Waals surface area contributed by atoms with Gasteiger partial charge in [0, 0.05) is 37.2 Å². The fourth-order valence-electron chi connectivity index (χ4n) is 2.09. The van der Waals surface area contributed by atoms with E-state index in [1.165, 1.54) is 4.88 Å². The van der Waals surface area contributed by atoms with Gasteiger partial charge < -0.3 is 10.1 Å². The van der Waals surface area contributed by atoms with Crippen molar-refractivity contribution in [2.24, 2.45) is 0 Å². The Morgan fingerprint density at radius 1 is 1.37 bits per heavy atom. The van der Waals surface area contributed by atoms with Gasteiger partial charge in [0.2, 0.25) is 0 Å². The van der Waals surface area contributed by atoms with Gasteiger partial charge in [-0.3, -0.25) is 4.90 Å². The summed E-state index contributed by atoms with van der Waals surface area (Å²) in [6.45, 7) is 7.50. The first kappa shape index (κ1) is 16.6. The lowest BCUT2D eigenvalue weighted by Gasteiger charge is -2.31. The molecular weight excluding hydrogens is 256 g/mol. The molecule has 19 heavy (non-hydrogen) atoms. The molecule has 0 fully saturated rings. The number of nitrogens with one attached hydrogen (secondary N) is 1. The average molecular weight is 284 g/mol. The van der Waals surface area contributed by atoms with Crippen LogP contribution in [-0.4, -0.2) is 50.8 Å². The quantitative estimate of drug-likeness (QED) is 0.669. The number of methoxy groups -OCH3 is 1. The van der Waals surface area contributed by atoms with E-state index >= 15 is 0 Å². The predicted molar refractivity (Wildman–Crippen MR) is 84.1 cm³/mol. The number of thiophene rings is 1. The number of hydrogen-bond donors (Lipinski definition) is 1. The number of nitrogens with zero attached hydrogens (tertiary/aromatic N) is 1. The van der Waals surface area contributed by atoms with E-state index in [2.05, 4.69) is 48.6 Å². The molecule has 2 unspecified atom stereocenters. The lowest BCUT2D eigenvalue weighted by molar-refractivity contribution is 0.182. The van der Waals surface area contributed by atoms with Gasteiger partial charge in [-0.15, -0.1) is 11.3 Å². The molecule has 4 heteroatoms. The molecule has 0 radical (unpaired) electrons. The topological polar surface area (TPSA) is 24.5 Å². The second-order valence-electron chi connectivity index (χ2n) is 5.20. The van der Waals surface area contributed by atoms with Crippen molar-refractivity contribution in [1.82, 2.24) is 10.2 Å². The largest absolute Gasteiger partial charge is 0.385 e. The first-order valence-corrected chi connectivity index (χ1v) is 7.97. The maximum atomic E-state index is 5.04. The fourth-order valence-corrected chi connectivity index (χ4v) is 2.92. The van der Waals surface area contributed by atoms with Gasteiger partial charge >= 0.3 is 0 Å². The minimum absolute atomic E-state index is 0.553. The summed E-state index contributed by atoms with van der Waals surface area (Å²) in [5, 5.41) is 5.65. The molecule has 0 aliphatic rings. The summed E-state index contributed by atoms with van der Waals surface area (Å²) >= 11 is 1.85. The molecule has 0 spiro atoms. The third-order valence-electron chi connectivity index (χ3n) is 3.61. The Morgan fingerprint density at radius 2 is 2.16 bits per heavy atom. The molecule has 3 nitrogen and oxygen atoms in total. The zero-order valence-electron chi connectivity index (χ0n) is 12.7. The van der Waals surface area contributed by atoms with Gasteiger partial charge in [0.05, 0.1) is 0 Å². The van der Waals surface area contributed by atoms with Crippen LogP contribution in [0, 0.1) is 0 Å². The standard InChI is InChI=1S/C15H28N2OS/c1-13(11-15-7-5-10-19-15)17(3)14(2)12-16-8-6-9-18-4/h5,7,10,13-14,16H,6,8-9,11-12H2,1-4H3. The molecule has 0 amide bonds. The van der Waals surface area contributed by atoms with Crippen LogP contribution in [0.25, 0.3) is 0 Å². The predicted octanol–water partition coefficient (Wildman–Crippen LogP) is 2.63. The molecule has 0 aliphatic heterocycles. The molecule has 0 aliphatic carbocycles. The fraction of sp³-hybridized carbons (Fsp3) is 0.733. The van der Waals surface area contributed by atoms with Gasteiger partial charge in [-0.25, -0.2) is 0 Å². The van der Waals surface area contributed by atoms with Crippen LogP contribution in [0.2, 0.25) is 0 Å². The summed E-state index contributed by atoms with van der Waals surface area (Å²) in [6, 6.07) is 5.49. The number of rotatable bonds is 10. The monoisotopic (exact) mass is 284 g/mol. The van der Waals surface area contributed by atoms with Crippen LogP contribution in [0.3, 0.4) is 0 Å². The summed E-state index contributed by atoms with van der Waals surface area (Å²) in [5.41, 5.74) is 0. The molecule has 1 rings (SSSR count). The molecular formula is C15H28N2OS. The summed E-state index contributed by atoms with van der Waals surface area (Å²) < 4.78 is 5.04. The Morgan fingerprint density at radius 3 is 2.79 bits per heavy atom. The Hall–Kier alpha value is -0.420. The maximum Gasteiger partial charge on any atom is 0.0474 e. The van der Waals surface area contributed by atoms with E-state index in [-0.39, 0.29) is 0 Å². The first-order chi connectivity index (χ1) is 9.15. The van der Waals surface area contributed by atoms with E-state index in [1.807, 2.05) is 11.3 Å². The molecule has 1 N–H and O–H groups in total. The first-order valence-electron chi connectivity index (χ1n) is 7.09. The molecule has 1 heterocycles. The highest BCUT2D eigenvalue weighted by Crippen LogP contribution is 2.14. The van der Waals surface area contributed by atoms with E-state index in [0.29, 0.717) is 12.1 Å². The molecule has 2 atom stereocenters. The van der Waals surface area contributed by atoms with E-state index in [1.54, 1.807) is 7.11 Å². The van der Waals surface area contributed by atoms with Crippen molar-refractivity contribution in [3.63, 3.8) is 0 Å². The van der Waals surface area contributed by atoms with Crippen molar-refractivity contribution in [2.75, 3.05) is 33.9 Å². The molecule has 0 saturated carbocycles. The van der Waals surface area contributed by atoms with E-state index in [0.717, 1.165) is 32.5 Å². The van der Waals surface area contributed by atoms with Crippen molar-refractivity contribution < 1.29 is 4.74 Å². The summed E-state index contributed by atoms with van der Waals surface area (Å²) in [6.07, 6.45) is 2.22. The number of hydrogen-bond acceptors (Lipinski definition) is 4. The molecule has 110 valence electrons. The average Bonchev–Trinajstić information content (AvgIpc) is 2.90. The zero-order valence-corrected chi connectivity index (χ0v) is 13.5. The summed E-state index contributed by atoms with van der Waals surface area (Å²) in [5.74, 6) is 0. The normalized spacial score (nSPS) is 14.8. The number of ether oxygens (including phenoxy) is 1. The van der Waals surface area contributed by atoms with Crippen molar-refractivity contribution in [3.05, 3.63) is 22.4 Å². The second kappa shape index (κ2) is 9.48. The Balaban J connectivity index is 2.21. The van der Waals surface area contributed by atoms with Crippen molar-refractivity contribution in [2.45, 2.75) is 38.8 Å². The molecule has 1 aromatic heterocycles. The van der Waals surface area contributed by atoms with Crippen LogP contribution in [0.1, 0.15) is 25.1 Å². The maximum absolute atomic E-state index is 5.04. The highest BCUT2D eigenvalue weighted by Gasteiger charge is 2.16. The van der Waals surface area contributed by atoms with E-state index in [9.17, 15) is 0 Å². The smallest absolute Gasteiger partial charge is 0.0474 e. The van der Waals surface area contributed by atoms with Gasteiger partial charge in [0.25, 0.3) is 0 Å². The Bertz CT molecular complexity index is 316. The van der Waals surface area contributed by atoms with Gasteiger partial charge in [-0.2, -0.15) is 0 Å². The Labute approximate surface area is 122 Å². The highest BCUT2D eigenvalue weighted by atomic mass is 32.1. The summed E-state index contributed by atoms with van der Waals surface area (Å²) in [7, 11) is 3.97. The third kappa shape index (κ3) is 6.52. The summed E-state index contributed by atoms with van der Waals surface area (Å²) in [4.78, 5) is 3.93. The zero-order chi connectivity index (χ0) is 14.1. The van der Waals surface area contributed by atoms with Gasteiger partial charge in [0.1, 0.15) is 0 Å². The van der Waals surface area contributed by atoms with E-state index in [4.69, 9.17) is 4.74 Å². The minimum Gasteiger partial charge on any atom is -0.385 e. The van der Waals surface area contributed by atoms with Crippen LogP contribution in [-0.2, 0) is 11.2 Å².